The number of benzene rings is 2. The molecule has 0 amide bonds. The van der Waals surface area contributed by atoms with E-state index < -0.39 is 10.0 Å². The number of hydrogen-bond donors (Lipinski definition) is 0. The molecule has 0 fully saturated rings. The fraction of sp³-hybridized carbons (Fsp3) is 0.118. The first kappa shape index (κ1) is 18.9. The molecule has 4 nitrogen and oxygen atoms in total. The van der Waals surface area contributed by atoms with Gasteiger partial charge in [-0.15, -0.1) is 0 Å². The molecule has 0 aromatic heterocycles. The van der Waals surface area contributed by atoms with Crippen molar-refractivity contribution in [3.63, 3.8) is 0 Å². The Labute approximate surface area is 155 Å². The van der Waals surface area contributed by atoms with E-state index in [2.05, 4.69) is 20.9 Å². The van der Waals surface area contributed by atoms with E-state index in [1.165, 1.54) is 32.3 Å². The lowest BCUT2D eigenvalue weighted by Crippen LogP contribution is -2.22. The van der Waals surface area contributed by atoms with Crippen LogP contribution in [0.25, 0.3) is 6.08 Å². The summed E-state index contributed by atoms with van der Waals surface area (Å²) >= 11 is 9.53. The highest BCUT2D eigenvalue weighted by molar-refractivity contribution is 9.12. The van der Waals surface area contributed by atoms with Gasteiger partial charge in [0.05, 0.1) is 15.6 Å². The molecular formula is C17H16BrClN2O2S. The third kappa shape index (κ3) is 4.77. The lowest BCUT2D eigenvalue weighted by atomic mass is 10.2. The van der Waals surface area contributed by atoms with E-state index >= 15 is 0 Å². The van der Waals surface area contributed by atoms with Gasteiger partial charge in [-0.05, 0) is 45.8 Å². The highest BCUT2D eigenvalue weighted by Crippen LogP contribution is 2.29. The van der Waals surface area contributed by atoms with Gasteiger partial charge in [-0.25, -0.2) is 12.7 Å². The molecule has 0 spiro atoms. The number of aliphatic imine (C=N–C) groups is 1. The van der Waals surface area contributed by atoms with Crippen LogP contribution in [0.4, 0.5) is 5.69 Å². The average Bonchev–Trinajstić information content (AvgIpc) is 2.54. The van der Waals surface area contributed by atoms with E-state index in [1.807, 2.05) is 36.4 Å². The van der Waals surface area contributed by atoms with Crippen LogP contribution in [0.15, 0.2) is 62.9 Å². The maximum atomic E-state index is 12.2. The highest BCUT2D eigenvalue weighted by Gasteiger charge is 2.18. The van der Waals surface area contributed by atoms with E-state index in [0.29, 0.717) is 10.7 Å². The van der Waals surface area contributed by atoms with Gasteiger partial charge in [0.25, 0.3) is 0 Å². The summed E-state index contributed by atoms with van der Waals surface area (Å²) in [7, 11) is -0.572. The number of rotatable bonds is 5. The van der Waals surface area contributed by atoms with Gasteiger partial charge in [-0.2, -0.15) is 0 Å². The second-order valence-corrected chi connectivity index (χ2v) is 8.57. The van der Waals surface area contributed by atoms with Crippen molar-refractivity contribution in [2.45, 2.75) is 4.90 Å². The van der Waals surface area contributed by atoms with E-state index in [-0.39, 0.29) is 4.90 Å². The van der Waals surface area contributed by atoms with Gasteiger partial charge in [-0.1, -0.05) is 41.9 Å². The summed E-state index contributed by atoms with van der Waals surface area (Å²) in [4.78, 5) is 4.43. The molecule has 0 heterocycles. The van der Waals surface area contributed by atoms with E-state index in [9.17, 15) is 8.42 Å². The molecule has 0 saturated heterocycles. The Morgan fingerprint density at radius 3 is 2.46 bits per heavy atom. The smallest absolute Gasteiger partial charge is 0.242 e. The van der Waals surface area contributed by atoms with Crippen molar-refractivity contribution < 1.29 is 8.42 Å². The number of hydrogen-bond acceptors (Lipinski definition) is 3. The van der Waals surface area contributed by atoms with Crippen molar-refractivity contribution in [2.24, 2.45) is 4.99 Å². The number of allylic oxidation sites excluding steroid dienone is 1. The molecule has 0 atom stereocenters. The Kier molecular flexibility index (Phi) is 6.34. The minimum absolute atomic E-state index is 0.146. The summed E-state index contributed by atoms with van der Waals surface area (Å²) in [5, 5.41) is 0.379. The Balaban J connectivity index is 2.31. The summed E-state index contributed by atoms with van der Waals surface area (Å²) in [5.74, 6) is 0. The minimum Gasteiger partial charge on any atom is -0.254 e. The predicted molar refractivity (Wildman–Crippen MR) is 104 cm³/mol. The van der Waals surface area contributed by atoms with Gasteiger partial charge in [0.15, 0.2) is 0 Å². The maximum absolute atomic E-state index is 12.2. The quantitative estimate of drug-likeness (QED) is 0.648. The zero-order valence-electron chi connectivity index (χ0n) is 13.1. The zero-order valence-corrected chi connectivity index (χ0v) is 16.3. The third-order valence-electron chi connectivity index (χ3n) is 3.13. The van der Waals surface area contributed by atoms with Crippen molar-refractivity contribution in [3.05, 3.63) is 63.6 Å². The van der Waals surface area contributed by atoms with Gasteiger partial charge in [-0.3, -0.25) is 4.99 Å². The molecule has 2 aromatic rings. The summed E-state index contributed by atoms with van der Waals surface area (Å²) < 4.78 is 26.3. The van der Waals surface area contributed by atoms with Crippen LogP contribution in [0.3, 0.4) is 0 Å². The fourth-order valence-electron chi connectivity index (χ4n) is 1.84. The van der Waals surface area contributed by atoms with Gasteiger partial charge in [0.1, 0.15) is 0 Å². The van der Waals surface area contributed by atoms with Crippen molar-refractivity contribution in [1.82, 2.24) is 4.31 Å². The average molecular weight is 428 g/mol. The maximum Gasteiger partial charge on any atom is 0.242 e. The van der Waals surface area contributed by atoms with Crippen LogP contribution >= 0.6 is 27.5 Å². The van der Waals surface area contributed by atoms with E-state index in [1.54, 1.807) is 6.21 Å². The molecule has 0 unspecified atom stereocenters. The Morgan fingerprint density at radius 1 is 1.17 bits per heavy atom. The van der Waals surface area contributed by atoms with Gasteiger partial charge in [0, 0.05) is 24.8 Å². The van der Waals surface area contributed by atoms with Crippen molar-refractivity contribution in [3.8, 4) is 0 Å². The standard InChI is InChI=1S/C17H16BrClN2O2S/c1-21(2)24(22,23)15-8-9-16(19)17(11-15)20-12-14(18)10-13-6-4-3-5-7-13/h3-12H,1-2H3/b14-10-,20-12?. The van der Waals surface area contributed by atoms with Crippen LogP contribution in [0.2, 0.25) is 5.02 Å². The normalized spacial score (nSPS) is 13.0. The molecule has 0 bridgehead atoms. The molecule has 0 radical (unpaired) electrons. The Hall–Kier alpha value is -1.47. The minimum atomic E-state index is -3.53. The number of nitrogens with zero attached hydrogens (tertiary/aromatic N) is 2. The Morgan fingerprint density at radius 2 is 1.83 bits per heavy atom. The van der Waals surface area contributed by atoms with Crippen LogP contribution in [0, 0.1) is 0 Å². The van der Waals surface area contributed by atoms with Crippen molar-refractivity contribution in [1.29, 1.82) is 0 Å². The highest BCUT2D eigenvalue weighted by atomic mass is 79.9. The summed E-state index contributed by atoms with van der Waals surface area (Å²) in [6, 6.07) is 14.2. The topological polar surface area (TPSA) is 49.7 Å². The van der Waals surface area contributed by atoms with Crippen LogP contribution in [0.1, 0.15) is 5.56 Å². The summed E-state index contributed by atoms with van der Waals surface area (Å²) in [5.41, 5.74) is 1.41. The lowest BCUT2D eigenvalue weighted by Gasteiger charge is -2.11. The zero-order chi connectivity index (χ0) is 17.7. The molecule has 0 aliphatic heterocycles. The SMILES string of the molecule is CN(C)S(=O)(=O)c1ccc(Cl)c(N=C/C(Br)=C/c2ccccc2)c1. The summed E-state index contributed by atoms with van der Waals surface area (Å²) in [6.07, 6.45) is 3.48. The monoisotopic (exact) mass is 426 g/mol. The van der Waals surface area contributed by atoms with E-state index in [0.717, 1.165) is 14.4 Å². The van der Waals surface area contributed by atoms with Gasteiger partial charge < -0.3 is 0 Å². The second kappa shape index (κ2) is 8.07. The largest absolute Gasteiger partial charge is 0.254 e. The van der Waals surface area contributed by atoms with Crippen molar-refractivity contribution in [2.75, 3.05) is 14.1 Å². The van der Waals surface area contributed by atoms with Crippen LogP contribution < -0.4 is 0 Å². The molecule has 0 aliphatic rings. The fourth-order valence-corrected chi connectivity index (χ4v) is 3.29. The molecule has 2 aromatic carbocycles. The first-order chi connectivity index (χ1) is 11.3. The molecule has 126 valence electrons. The summed E-state index contributed by atoms with van der Waals surface area (Å²) in [6.45, 7) is 0. The van der Waals surface area contributed by atoms with E-state index in [4.69, 9.17) is 11.6 Å². The van der Waals surface area contributed by atoms with Crippen LogP contribution in [0.5, 0.6) is 0 Å². The van der Waals surface area contributed by atoms with Gasteiger partial charge >= 0.3 is 0 Å². The number of halogens is 2. The molecule has 7 heteroatoms. The molecule has 0 aliphatic carbocycles. The van der Waals surface area contributed by atoms with Crippen LogP contribution in [-0.4, -0.2) is 33.0 Å². The van der Waals surface area contributed by atoms with Crippen molar-refractivity contribution >= 4 is 55.5 Å². The first-order valence-electron chi connectivity index (χ1n) is 6.99. The molecule has 24 heavy (non-hydrogen) atoms. The molecule has 0 saturated carbocycles. The Bertz CT molecular complexity index is 879. The number of sulfonamides is 1. The first-order valence-corrected chi connectivity index (χ1v) is 9.60. The van der Waals surface area contributed by atoms with Gasteiger partial charge in [0.2, 0.25) is 10.0 Å². The van der Waals surface area contributed by atoms with Crippen LogP contribution in [-0.2, 0) is 10.0 Å². The second-order valence-electron chi connectivity index (χ2n) is 5.10. The lowest BCUT2D eigenvalue weighted by molar-refractivity contribution is 0.521. The molecule has 2 rings (SSSR count). The molecular weight excluding hydrogens is 412 g/mol. The predicted octanol–water partition coefficient (Wildman–Crippen LogP) is 4.73. The third-order valence-corrected chi connectivity index (χ3v) is 5.69. The molecule has 0 N–H and O–H groups in total.